The van der Waals surface area contributed by atoms with Gasteiger partial charge in [-0.05, 0) is 0 Å². The molecule has 1 saturated heterocycles. The van der Waals surface area contributed by atoms with Gasteiger partial charge < -0.3 is 14.8 Å². The summed E-state index contributed by atoms with van der Waals surface area (Å²) in [4.78, 5) is 24.4. The van der Waals surface area contributed by atoms with E-state index in [0.29, 0.717) is 26.2 Å². The van der Waals surface area contributed by atoms with Crippen molar-refractivity contribution in [1.82, 2.24) is 10.2 Å². The van der Waals surface area contributed by atoms with Gasteiger partial charge >= 0.3 is 5.97 Å². The number of hydrogen-bond acceptors (Lipinski definition) is 6. The van der Waals surface area contributed by atoms with Crippen molar-refractivity contribution in [2.45, 2.75) is 19.1 Å². The van der Waals surface area contributed by atoms with Crippen molar-refractivity contribution in [3.05, 3.63) is 0 Å². The molecule has 1 N–H and O–H groups in total. The quantitative estimate of drug-likeness (QED) is 0.640. The van der Waals surface area contributed by atoms with Gasteiger partial charge in [-0.2, -0.15) is 5.26 Å². The van der Waals surface area contributed by atoms with Crippen LogP contribution >= 0.6 is 0 Å². The third kappa shape index (κ3) is 4.31. The fourth-order valence-corrected chi connectivity index (χ4v) is 1.77. The molecule has 0 aromatic heterocycles. The van der Waals surface area contributed by atoms with E-state index in [4.69, 9.17) is 10.00 Å². The normalized spacial score (nSPS) is 21.7. The molecule has 7 nitrogen and oxygen atoms in total. The summed E-state index contributed by atoms with van der Waals surface area (Å²) in [5, 5.41) is 11.3. The zero-order valence-electron chi connectivity index (χ0n) is 10.5. The monoisotopic (exact) mass is 255 g/mol. The molecule has 1 aliphatic rings. The second-order valence-electron chi connectivity index (χ2n) is 4.02. The molecule has 100 valence electrons. The molecule has 0 aromatic rings. The number of amides is 1. The van der Waals surface area contributed by atoms with Crippen LogP contribution in [0.4, 0.5) is 0 Å². The minimum absolute atomic E-state index is 0.296. The highest BCUT2D eigenvalue weighted by Gasteiger charge is 2.27. The highest BCUT2D eigenvalue weighted by Crippen LogP contribution is 2.05. The molecule has 0 aromatic carbocycles. The highest BCUT2D eigenvalue weighted by molar-refractivity contribution is 5.83. The molecule has 7 heteroatoms. The van der Waals surface area contributed by atoms with E-state index in [-0.39, 0.29) is 5.91 Å². The molecule has 2 atom stereocenters. The topological polar surface area (TPSA) is 91.7 Å². The molecular formula is C11H17N3O4. The maximum absolute atomic E-state index is 11.5. The molecule has 2 unspecified atom stereocenters. The van der Waals surface area contributed by atoms with Crippen LogP contribution in [-0.4, -0.2) is 62.3 Å². The van der Waals surface area contributed by atoms with Crippen LogP contribution in [0.25, 0.3) is 0 Å². The van der Waals surface area contributed by atoms with Gasteiger partial charge in [-0.25, -0.2) is 4.79 Å². The number of hydrogen-bond donors (Lipinski definition) is 1. The summed E-state index contributed by atoms with van der Waals surface area (Å²) in [5.41, 5.74) is 0. The Morgan fingerprint density at radius 3 is 2.94 bits per heavy atom. The average molecular weight is 255 g/mol. The molecule has 0 spiro atoms. The van der Waals surface area contributed by atoms with Crippen LogP contribution in [0.5, 0.6) is 0 Å². The maximum atomic E-state index is 11.5. The largest absolute Gasteiger partial charge is 0.467 e. The van der Waals surface area contributed by atoms with E-state index in [0.717, 1.165) is 0 Å². The third-order valence-corrected chi connectivity index (χ3v) is 2.60. The van der Waals surface area contributed by atoms with Crippen LogP contribution in [0.1, 0.15) is 6.92 Å². The second-order valence-corrected chi connectivity index (χ2v) is 4.02. The summed E-state index contributed by atoms with van der Waals surface area (Å²) in [7, 11) is 1.27. The van der Waals surface area contributed by atoms with Crippen LogP contribution in [0.2, 0.25) is 0 Å². The Hall–Kier alpha value is -1.65. The van der Waals surface area contributed by atoms with Crippen LogP contribution < -0.4 is 5.32 Å². The maximum Gasteiger partial charge on any atom is 0.329 e. The molecule has 0 radical (unpaired) electrons. The fraction of sp³-hybridized carbons (Fsp3) is 0.727. The number of nitrogens with zero attached hydrogens (tertiary/aromatic N) is 2. The smallest absolute Gasteiger partial charge is 0.329 e. The summed E-state index contributed by atoms with van der Waals surface area (Å²) in [5.74, 6) is -0.791. The number of carbonyl (C=O) groups excluding carboxylic acids is 2. The fourth-order valence-electron chi connectivity index (χ4n) is 1.77. The lowest BCUT2D eigenvalue weighted by Crippen LogP contribution is -2.52. The molecule has 1 fully saturated rings. The molecule has 1 rings (SSSR count). The summed E-state index contributed by atoms with van der Waals surface area (Å²) in [6, 6.07) is 1.31. The number of nitriles is 1. The summed E-state index contributed by atoms with van der Waals surface area (Å²) < 4.78 is 9.83. The van der Waals surface area contributed by atoms with Gasteiger partial charge in [-0.3, -0.25) is 9.69 Å². The Bertz CT molecular complexity index is 353. The van der Waals surface area contributed by atoms with E-state index < -0.39 is 18.1 Å². The van der Waals surface area contributed by atoms with Crippen LogP contribution in [-0.2, 0) is 19.1 Å². The summed E-state index contributed by atoms with van der Waals surface area (Å²) in [6.07, 6.45) is -0.491. The van der Waals surface area contributed by atoms with Crippen LogP contribution in [0.3, 0.4) is 0 Å². The molecule has 1 heterocycles. The van der Waals surface area contributed by atoms with Crippen molar-refractivity contribution in [1.29, 1.82) is 5.26 Å². The Balaban J connectivity index is 2.57. The lowest BCUT2D eigenvalue weighted by Gasteiger charge is -2.31. The second kappa shape index (κ2) is 6.93. The molecule has 18 heavy (non-hydrogen) atoms. The molecule has 0 aliphatic carbocycles. The molecule has 0 saturated carbocycles. The van der Waals surface area contributed by atoms with Crippen molar-refractivity contribution in [2.24, 2.45) is 0 Å². The van der Waals surface area contributed by atoms with Crippen molar-refractivity contribution in [3.63, 3.8) is 0 Å². The lowest BCUT2D eigenvalue weighted by atomic mass is 10.2. The van der Waals surface area contributed by atoms with Gasteiger partial charge in [0.1, 0.15) is 6.04 Å². The zero-order valence-corrected chi connectivity index (χ0v) is 10.5. The number of morpholine rings is 1. The Morgan fingerprint density at radius 1 is 1.67 bits per heavy atom. The summed E-state index contributed by atoms with van der Waals surface area (Å²) >= 11 is 0. The average Bonchev–Trinajstić information content (AvgIpc) is 2.36. The lowest BCUT2D eigenvalue weighted by molar-refractivity contribution is -0.145. The third-order valence-electron chi connectivity index (χ3n) is 2.60. The van der Waals surface area contributed by atoms with Crippen molar-refractivity contribution in [3.8, 4) is 6.07 Å². The van der Waals surface area contributed by atoms with Gasteiger partial charge in [-0.1, -0.05) is 0 Å². The van der Waals surface area contributed by atoms with E-state index in [1.54, 1.807) is 0 Å². The van der Waals surface area contributed by atoms with Gasteiger partial charge in [0.2, 0.25) is 5.91 Å². The Labute approximate surface area is 106 Å². The molecular weight excluding hydrogens is 238 g/mol. The predicted molar refractivity (Wildman–Crippen MR) is 61.4 cm³/mol. The Morgan fingerprint density at radius 2 is 2.39 bits per heavy atom. The van der Waals surface area contributed by atoms with Crippen LogP contribution in [0.15, 0.2) is 0 Å². The first-order chi connectivity index (χ1) is 8.56. The SMILES string of the molecule is COC(=O)C(CN1CCOC(C#N)C1)NC(C)=O. The number of rotatable bonds is 4. The van der Waals surface area contributed by atoms with Gasteiger partial charge in [-0.15, -0.1) is 0 Å². The molecule has 1 amide bonds. The standard InChI is InChI=1S/C11H17N3O4/c1-8(15)13-10(11(16)17-2)7-14-3-4-18-9(5-12)6-14/h9-10H,3-4,6-7H2,1-2H3,(H,13,15). The first-order valence-corrected chi connectivity index (χ1v) is 5.65. The van der Waals surface area contributed by atoms with Crippen molar-refractivity contribution >= 4 is 11.9 Å². The van der Waals surface area contributed by atoms with E-state index in [2.05, 4.69) is 10.1 Å². The van der Waals surface area contributed by atoms with Crippen molar-refractivity contribution in [2.75, 3.05) is 33.4 Å². The van der Waals surface area contributed by atoms with E-state index in [1.807, 2.05) is 11.0 Å². The number of methoxy groups -OCH3 is 1. The summed E-state index contributed by atoms with van der Waals surface area (Å²) in [6.45, 7) is 3.13. The minimum atomic E-state index is -0.718. The first kappa shape index (κ1) is 14.4. The minimum Gasteiger partial charge on any atom is -0.467 e. The van der Waals surface area contributed by atoms with E-state index in [9.17, 15) is 9.59 Å². The van der Waals surface area contributed by atoms with Gasteiger partial charge in [0.25, 0.3) is 0 Å². The van der Waals surface area contributed by atoms with Crippen LogP contribution in [0, 0.1) is 11.3 Å². The highest BCUT2D eigenvalue weighted by atomic mass is 16.5. The Kier molecular flexibility index (Phi) is 5.55. The van der Waals surface area contributed by atoms with Gasteiger partial charge in [0.15, 0.2) is 6.10 Å². The zero-order chi connectivity index (χ0) is 13.5. The number of esters is 1. The predicted octanol–water partition coefficient (Wildman–Crippen LogP) is -1.11. The van der Waals surface area contributed by atoms with E-state index >= 15 is 0 Å². The van der Waals surface area contributed by atoms with E-state index in [1.165, 1.54) is 14.0 Å². The number of nitrogens with one attached hydrogen (secondary N) is 1. The number of carbonyl (C=O) groups is 2. The van der Waals surface area contributed by atoms with Gasteiger partial charge in [0.05, 0.1) is 19.8 Å². The van der Waals surface area contributed by atoms with Crippen molar-refractivity contribution < 1.29 is 19.1 Å². The van der Waals surface area contributed by atoms with Gasteiger partial charge in [0, 0.05) is 26.6 Å². The molecule has 1 aliphatic heterocycles. The molecule has 0 bridgehead atoms. The first-order valence-electron chi connectivity index (χ1n) is 5.65. The number of ether oxygens (including phenoxy) is 2.